The summed E-state index contributed by atoms with van der Waals surface area (Å²) in [6.45, 7) is 8.06. The third-order valence-corrected chi connectivity index (χ3v) is 1.50. The van der Waals surface area contributed by atoms with Crippen LogP contribution in [0.1, 0.15) is 33.1 Å². The molecular formula is C8H19O3P. The first-order valence-electron chi connectivity index (χ1n) is 4.15. The Morgan fingerprint density at radius 1 is 1.50 bits per heavy atom. The lowest BCUT2D eigenvalue weighted by Gasteiger charge is -1.92. The molecule has 0 aromatic heterocycles. The molecule has 0 aliphatic rings. The maximum Gasteiger partial charge on any atom is 0.316 e. The SMILES string of the molecule is C=CCCO[PH](=O)O.CCCC. The molecule has 0 spiro atoms. The lowest BCUT2D eigenvalue weighted by molar-refractivity contribution is 0.287. The van der Waals surface area contributed by atoms with Crippen LogP contribution in [0.2, 0.25) is 0 Å². The van der Waals surface area contributed by atoms with E-state index in [1.165, 1.54) is 12.8 Å². The molecule has 3 nitrogen and oxygen atoms in total. The summed E-state index contributed by atoms with van der Waals surface area (Å²) in [5, 5.41) is 0. The summed E-state index contributed by atoms with van der Waals surface area (Å²) in [7, 11) is -2.70. The Balaban J connectivity index is 0. The van der Waals surface area contributed by atoms with Gasteiger partial charge in [-0.1, -0.05) is 32.8 Å². The highest BCUT2D eigenvalue weighted by Crippen LogP contribution is 2.13. The van der Waals surface area contributed by atoms with Crippen molar-refractivity contribution in [1.82, 2.24) is 0 Å². The molecule has 0 aromatic carbocycles. The zero-order valence-corrected chi connectivity index (χ0v) is 8.88. The number of hydrogen-bond donors (Lipinski definition) is 1. The second kappa shape index (κ2) is 13.5. The molecule has 0 aliphatic heterocycles. The van der Waals surface area contributed by atoms with E-state index in [1.807, 2.05) is 0 Å². The van der Waals surface area contributed by atoms with Crippen LogP contribution in [0.4, 0.5) is 0 Å². The van der Waals surface area contributed by atoms with Gasteiger partial charge in [0.15, 0.2) is 0 Å². The van der Waals surface area contributed by atoms with E-state index in [4.69, 9.17) is 4.89 Å². The van der Waals surface area contributed by atoms with E-state index >= 15 is 0 Å². The van der Waals surface area contributed by atoms with Crippen LogP contribution in [0.3, 0.4) is 0 Å². The van der Waals surface area contributed by atoms with Gasteiger partial charge in [0.1, 0.15) is 0 Å². The summed E-state index contributed by atoms with van der Waals surface area (Å²) in [5.74, 6) is 0. The van der Waals surface area contributed by atoms with Crippen LogP contribution >= 0.6 is 8.25 Å². The first kappa shape index (κ1) is 14.4. The van der Waals surface area contributed by atoms with Gasteiger partial charge in [-0.25, -0.2) is 0 Å². The molecule has 0 aliphatic carbocycles. The standard InChI is InChI=1S/C4H9O3P.C4H10/c1-2-3-4-7-8(5)6;1-3-4-2/h2,8H,1,3-4H2,(H,5,6);3-4H2,1-2H3. The van der Waals surface area contributed by atoms with Gasteiger partial charge in [-0.15, -0.1) is 6.58 Å². The molecule has 4 heteroatoms. The number of unbranched alkanes of at least 4 members (excludes halogenated alkanes) is 1. The molecule has 12 heavy (non-hydrogen) atoms. The summed E-state index contributed by atoms with van der Waals surface area (Å²) in [6, 6.07) is 0. The van der Waals surface area contributed by atoms with E-state index in [0.717, 1.165) is 0 Å². The van der Waals surface area contributed by atoms with Crippen molar-refractivity contribution in [2.24, 2.45) is 0 Å². The normalized spacial score (nSPS) is 11.2. The van der Waals surface area contributed by atoms with Crippen molar-refractivity contribution in [2.45, 2.75) is 33.1 Å². The van der Waals surface area contributed by atoms with E-state index in [0.29, 0.717) is 6.42 Å². The Morgan fingerprint density at radius 3 is 2.25 bits per heavy atom. The van der Waals surface area contributed by atoms with Gasteiger partial charge in [0, 0.05) is 0 Å². The summed E-state index contributed by atoms with van der Waals surface area (Å²) in [4.78, 5) is 8.07. The van der Waals surface area contributed by atoms with Gasteiger partial charge < -0.3 is 9.42 Å². The van der Waals surface area contributed by atoms with Crippen molar-refractivity contribution in [1.29, 1.82) is 0 Å². The fourth-order valence-corrected chi connectivity index (χ4v) is 0.522. The second-order valence-electron chi connectivity index (χ2n) is 2.19. The molecule has 0 bridgehead atoms. The molecule has 0 heterocycles. The molecule has 1 N–H and O–H groups in total. The Bertz CT molecular complexity index is 113. The van der Waals surface area contributed by atoms with Gasteiger partial charge in [-0.05, 0) is 6.42 Å². The molecule has 1 unspecified atom stereocenters. The third kappa shape index (κ3) is 22.5. The van der Waals surface area contributed by atoms with Crippen LogP contribution in [-0.4, -0.2) is 11.5 Å². The van der Waals surface area contributed by atoms with Crippen molar-refractivity contribution in [3.8, 4) is 0 Å². The van der Waals surface area contributed by atoms with Crippen LogP contribution in [0.15, 0.2) is 12.7 Å². The van der Waals surface area contributed by atoms with Crippen LogP contribution in [0.25, 0.3) is 0 Å². The average molecular weight is 194 g/mol. The summed E-state index contributed by atoms with van der Waals surface area (Å²) < 4.78 is 14.1. The number of hydrogen-bond acceptors (Lipinski definition) is 2. The predicted molar refractivity (Wildman–Crippen MR) is 52.6 cm³/mol. The Labute approximate surface area is 75.4 Å². The fraction of sp³-hybridized carbons (Fsp3) is 0.750. The van der Waals surface area contributed by atoms with Crippen molar-refractivity contribution in [2.75, 3.05) is 6.61 Å². The first-order valence-corrected chi connectivity index (χ1v) is 5.41. The van der Waals surface area contributed by atoms with Crippen LogP contribution in [0.5, 0.6) is 0 Å². The number of rotatable bonds is 5. The highest BCUT2D eigenvalue weighted by Gasteiger charge is 1.86. The molecule has 0 rings (SSSR count). The quantitative estimate of drug-likeness (QED) is 0.416. The fourth-order valence-electron chi connectivity index (χ4n) is 0.230. The Kier molecular flexibility index (Phi) is 16.2. The molecule has 0 amide bonds. The maximum atomic E-state index is 9.80. The van der Waals surface area contributed by atoms with Gasteiger partial charge in [-0.3, -0.25) is 4.57 Å². The maximum absolute atomic E-state index is 9.80. The van der Waals surface area contributed by atoms with Gasteiger partial charge >= 0.3 is 8.25 Å². The minimum Gasteiger partial charge on any atom is -0.326 e. The summed E-state index contributed by atoms with van der Waals surface area (Å²) in [5.41, 5.74) is 0. The highest BCUT2D eigenvalue weighted by molar-refractivity contribution is 7.32. The van der Waals surface area contributed by atoms with Crippen LogP contribution in [-0.2, 0) is 9.09 Å². The van der Waals surface area contributed by atoms with Crippen LogP contribution < -0.4 is 0 Å². The molecule has 0 fully saturated rings. The largest absolute Gasteiger partial charge is 0.326 e. The molecule has 1 atom stereocenters. The van der Waals surface area contributed by atoms with Gasteiger partial charge in [-0.2, -0.15) is 0 Å². The second-order valence-corrected chi connectivity index (χ2v) is 3.01. The van der Waals surface area contributed by atoms with Crippen molar-refractivity contribution in [3.63, 3.8) is 0 Å². The predicted octanol–water partition coefficient (Wildman–Crippen LogP) is 2.77. The molecule has 0 aromatic rings. The van der Waals surface area contributed by atoms with Gasteiger partial charge in [0.2, 0.25) is 0 Å². The average Bonchev–Trinajstić information content (AvgIpc) is 2.05. The minimum absolute atomic E-state index is 0.289. The monoisotopic (exact) mass is 194 g/mol. The topological polar surface area (TPSA) is 46.5 Å². The Hall–Kier alpha value is -0.110. The Morgan fingerprint density at radius 2 is 2.00 bits per heavy atom. The zero-order chi connectivity index (χ0) is 9.82. The zero-order valence-electron chi connectivity index (χ0n) is 7.88. The van der Waals surface area contributed by atoms with E-state index in [2.05, 4.69) is 25.0 Å². The van der Waals surface area contributed by atoms with Crippen molar-refractivity contribution >= 4 is 8.25 Å². The molecular weight excluding hydrogens is 175 g/mol. The molecule has 74 valence electrons. The van der Waals surface area contributed by atoms with E-state index in [1.54, 1.807) is 6.08 Å². The van der Waals surface area contributed by atoms with E-state index in [-0.39, 0.29) is 6.61 Å². The van der Waals surface area contributed by atoms with Crippen LogP contribution in [0, 0.1) is 0 Å². The summed E-state index contributed by atoms with van der Waals surface area (Å²) in [6.07, 6.45) is 4.89. The van der Waals surface area contributed by atoms with E-state index in [9.17, 15) is 4.57 Å². The van der Waals surface area contributed by atoms with Gasteiger partial charge in [0.05, 0.1) is 6.61 Å². The lowest BCUT2D eigenvalue weighted by Crippen LogP contribution is -1.80. The van der Waals surface area contributed by atoms with Crippen molar-refractivity contribution < 1.29 is 14.0 Å². The minimum atomic E-state index is -2.70. The summed E-state index contributed by atoms with van der Waals surface area (Å²) >= 11 is 0. The third-order valence-electron chi connectivity index (χ3n) is 1.05. The molecule has 0 radical (unpaired) electrons. The van der Waals surface area contributed by atoms with E-state index < -0.39 is 8.25 Å². The van der Waals surface area contributed by atoms with Crippen molar-refractivity contribution in [3.05, 3.63) is 12.7 Å². The highest BCUT2D eigenvalue weighted by atomic mass is 31.1. The first-order chi connectivity index (χ1) is 5.68. The smallest absolute Gasteiger partial charge is 0.316 e. The molecule has 0 saturated carbocycles. The van der Waals surface area contributed by atoms with Gasteiger partial charge in [0.25, 0.3) is 0 Å². The lowest BCUT2D eigenvalue weighted by atomic mass is 10.4. The molecule has 0 saturated heterocycles.